The Hall–Kier alpha value is -3.15. The van der Waals surface area contributed by atoms with Crippen LogP contribution in [0.2, 0.25) is 0 Å². The van der Waals surface area contributed by atoms with Crippen molar-refractivity contribution in [3.8, 4) is 0 Å². The lowest BCUT2D eigenvalue weighted by atomic mass is 10.3. The number of amides is 1. The minimum absolute atomic E-state index is 0.240. The lowest BCUT2D eigenvalue weighted by molar-refractivity contribution is 0.0947. The Kier molecular flexibility index (Phi) is 4.33. The van der Waals surface area contributed by atoms with Crippen molar-refractivity contribution < 1.29 is 9.21 Å². The van der Waals surface area contributed by atoms with Crippen LogP contribution in [0, 0.1) is 0 Å². The maximum atomic E-state index is 12.0. The van der Waals surface area contributed by atoms with E-state index in [9.17, 15) is 4.79 Å². The highest BCUT2D eigenvalue weighted by Crippen LogP contribution is 2.18. The number of benzene rings is 1. The van der Waals surface area contributed by atoms with Crippen LogP contribution in [0.15, 0.2) is 65.5 Å². The van der Waals surface area contributed by atoms with E-state index < -0.39 is 0 Å². The monoisotopic (exact) mass is 308 g/mol. The summed E-state index contributed by atoms with van der Waals surface area (Å²) in [5.41, 5.74) is 1.38. The molecule has 0 fully saturated rings. The molecule has 6 nitrogen and oxygen atoms in total. The number of anilines is 2. The molecular weight excluding hydrogens is 292 g/mol. The van der Waals surface area contributed by atoms with Gasteiger partial charge in [0.05, 0.1) is 18.4 Å². The Morgan fingerprint density at radius 1 is 1.13 bits per heavy atom. The fourth-order valence-electron chi connectivity index (χ4n) is 2.06. The highest BCUT2D eigenvalue weighted by Gasteiger charge is 2.10. The Labute approximate surface area is 133 Å². The van der Waals surface area contributed by atoms with Gasteiger partial charge in [0.25, 0.3) is 5.91 Å². The average Bonchev–Trinajstić information content (AvgIpc) is 3.13. The van der Waals surface area contributed by atoms with E-state index in [1.807, 2.05) is 42.3 Å². The molecule has 1 N–H and O–H groups in total. The molecule has 1 aromatic carbocycles. The number of nitrogens with zero attached hydrogens (tertiary/aromatic N) is 3. The molecule has 2 heterocycles. The lowest BCUT2D eigenvalue weighted by Crippen LogP contribution is -2.23. The van der Waals surface area contributed by atoms with Gasteiger partial charge in [-0.2, -0.15) is 0 Å². The number of nitrogens with one attached hydrogen (secondary N) is 1. The van der Waals surface area contributed by atoms with Crippen molar-refractivity contribution in [3.05, 3.63) is 72.4 Å². The molecule has 0 bridgehead atoms. The summed E-state index contributed by atoms with van der Waals surface area (Å²) in [5, 5.41) is 2.76. The number of hydrogen-bond donors (Lipinski definition) is 1. The van der Waals surface area contributed by atoms with Crippen molar-refractivity contribution >= 4 is 17.5 Å². The first-order valence-electron chi connectivity index (χ1n) is 7.15. The molecule has 23 heavy (non-hydrogen) atoms. The van der Waals surface area contributed by atoms with E-state index in [-0.39, 0.29) is 5.91 Å². The third-order valence-corrected chi connectivity index (χ3v) is 3.35. The van der Waals surface area contributed by atoms with E-state index >= 15 is 0 Å². The zero-order valence-corrected chi connectivity index (χ0v) is 12.6. The van der Waals surface area contributed by atoms with Gasteiger partial charge in [-0.05, 0) is 24.3 Å². The van der Waals surface area contributed by atoms with Crippen LogP contribution in [0.5, 0.6) is 0 Å². The first-order chi connectivity index (χ1) is 11.2. The van der Waals surface area contributed by atoms with Crippen LogP contribution in [-0.4, -0.2) is 22.9 Å². The molecule has 0 atom stereocenters. The van der Waals surface area contributed by atoms with E-state index in [1.54, 1.807) is 18.4 Å². The molecule has 0 aliphatic heterocycles. The second kappa shape index (κ2) is 6.74. The Morgan fingerprint density at radius 2 is 1.87 bits per heavy atom. The van der Waals surface area contributed by atoms with Crippen molar-refractivity contribution in [2.24, 2.45) is 0 Å². The van der Waals surface area contributed by atoms with Crippen LogP contribution in [0.3, 0.4) is 0 Å². The maximum Gasteiger partial charge on any atom is 0.254 e. The van der Waals surface area contributed by atoms with Gasteiger partial charge in [-0.25, -0.2) is 9.97 Å². The topological polar surface area (TPSA) is 71.3 Å². The molecule has 0 aliphatic rings. The van der Waals surface area contributed by atoms with Gasteiger partial charge in [0, 0.05) is 25.1 Å². The summed E-state index contributed by atoms with van der Waals surface area (Å²) in [4.78, 5) is 22.4. The number of para-hydroxylation sites is 1. The minimum Gasteiger partial charge on any atom is -0.467 e. The fourth-order valence-corrected chi connectivity index (χ4v) is 2.06. The summed E-state index contributed by atoms with van der Waals surface area (Å²) in [7, 11) is 1.88. The summed E-state index contributed by atoms with van der Waals surface area (Å²) in [5.74, 6) is 0.980. The quantitative estimate of drug-likeness (QED) is 0.784. The van der Waals surface area contributed by atoms with Crippen molar-refractivity contribution in [2.75, 3.05) is 11.9 Å². The van der Waals surface area contributed by atoms with E-state index in [1.165, 1.54) is 12.4 Å². The van der Waals surface area contributed by atoms with Crippen LogP contribution in [-0.2, 0) is 6.54 Å². The van der Waals surface area contributed by atoms with Crippen LogP contribution >= 0.6 is 0 Å². The summed E-state index contributed by atoms with van der Waals surface area (Å²) in [6.07, 6.45) is 4.59. The molecule has 116 valence electrons. The zero-order chi connectivity index (χ0) is 16.1. The van der Waals surface area contributed by atoms with Crippen molar-refractivity contribution in [1.82, 2.24) is 15.3 Å². The highest BCUT2D eigenvalue weighted by molar-refractivity contribution is 5.93. The number of furan rings is 1. The molecule has 0 saturated heterocycles. The van der Waals surface area contributed by atoms with Crippen molar-refractivity contribution in [1.29, 1.82) is 0 Å². The molecule has 3 rings (SSSR count). The Balaban J connectivity index is 1.65. The number of aromatic nitrogens is 2. The summed E-state index contributed by atoms with van der Waals surface area (Å²) in [6, 6.07) is 13.4. The zero-order valence-electron chi connectivity index (χ0n) is 12.6. The Bertz CT molecular complexity index is 755. The molecule has 2 aromatic heterocycles. The summed E-state index contributed by atoms with van der Waals surface area (Å²) < 4.78 is 5.17. The Morgan fingerprint density at radius 3 is 2.52 bits per heavy atom. The third-order valence-electron chi connectivity index (χ3n) is 3.35. The lowest BCUT2D eigenvalue weighted by Gasteiger charge is -2.16. The third kappa shape index (κ3) is 3.55. The van der Waals surface area contributed by atoms with E-state index in [2.05, 4.69) is 15.3 Å². The predicted molar refractivity (Wildman–Crippen MR) is 86.4 cm³/mol. The highest BCUT2D eigenvalue weighted by atomic mass is 16.3. The maximum absolute atomic E-state index is 12.0. The predicted octanol–water partition coefficient (Wildman–Crippen LogP) is 2.77. The number of carbonyl (C=O) groups is 1. The molecule has 1 amide bonds. The van der Waals surface area contributed by atoms with Crippen LogP contribution in [0.25, 0.3) is 0 Å². The molecular formula is C17H16N4O2. The first-order valence-corrected chi connectivity index (χ1v) is 7.15. The van der Waals surface area contributed by atoms with Gasteiger partial charge >= 0.3 is 0 Å². The molecule has 0 unspecified atom stereocenters. The second-order valence-corrected chi connectivity index (χ2v) is 4.93. The van der Waals surface area contributed by atoms with Gasteiger partial charge in [0.15, 0.2) is 0 Å². The first kappa shape index (κ1) is 14.8. The van der Waals surface area contributed by atoms with Gasteiger partial charge in [-0.1, -0.05) is 18.2 Å². The molecule has 0 spiro atoms. The number of carbonyl (C=O) groups excluding carboxylic acids is 1. The summed E-state index contributed by atoms with van der Waals surface area (Å²) >= 11 is 0. The van der Waals surface area contributed by atoms with Crippen LogP contribution < -0.4 is 10.2 Å². The largest absolute Gasteiger partial charge is 0.467 e. The average molecular weight is 308 g/mol. The van der Waals surface area contributed by atoms with Gasteiger partial charge in [-0.15, -0.1) is 0 Å². The molecule has 3 aromatic rings. The van der Waals surface area contributed by atoms with Gasteiger partial charge in [0.2, 0.25) is 5.95 Å². The standard InChI is InChI=1S/C17H16N4O2/c1-21(14-6-3-2-4-7-14)17-19-10-13(11-20-17)16(22)18-12-15-8-5-9-23-15/h2-11H,12H2,1H3,(H,18,22). The van der Waals surface area contributed by atoms with E-state index in [0.29, 0.717) is 23.8 Å². The van der Waals surface area contributed by atoms with Gasteiger partial charge < -0.3 is 14.6 Å². The van der Waals surface area contributed by atoms with Gasteiger partial charge in [0.1, 0.15) is 5.76 Å². The normalized spacial score (nSPS) is 10.3. The molecule has 6 heteroatoms. The van der Waals surface area contributed by atoms with E-state index in [0.717, 1.165) is 5.69 Å². The van der Waals surface area contributed by atoms with Crippen molar-refractivity contribution in [3.63, 3.8) is 0 Å². The van der Waals surface area contributed by atoms with E-state index in [4.69, 9.17) is 4.42 Å². The molecule has 0 aliphatic carbocycles. The summed E-state index contributed by atoms with van der Waals surface area (Å²) in [6.45, 7) is 0.331. The number of hydrogen-bond acceptors (Lipinski definition) is 5. The molecule has 0 saturated carbocycles. The minimum atomic E-state index is -0.240. The fraction of sp³-hybridized carbons (Fsp3) is 0.118. The van der Waals surface area contributed by atoms with Crippen LogP contribution in [0.4, 0.5) is 11.6 Å². The number of rotatable bonds is 5. The smallest absolute Gasteiger partial charge is 0.254 e. The van der Waals surface area contributed by atoms with Crippen LogP contribution in [0.1, 0.15) is 16.1 Å². The molecule has 0 radical (unpaired) electrons. The second-order valence-electron chi connectivity index (χ2n) is 4.93. The van der Waals surface area contributed by atoms with Gasteiger partial charge in [-0.3, -0.25) is 4.79 Å². The SMILES string of the molecule is CN(c1ccccc1)c1ncc(C(=O)NCc2ccco2)cn1. The van der Waals surface area contributed by atoms with Crippen molar-refractivity contribution in [2.45, 2.75) is 6.54 Å².